The quantitative estimate of drug-likeness (QED) is 0.650. The molecule has 0 bridgehead atoms. The molecule has 0 aliphatic rings. The lowest BCUT2D eigenvalue weighted by molar-refractivity contribution is -0.130. The van der Waals surface area contributed by atoms with Gasteiger partial charge in [-0.2, -0.15) is 0 Å². The number of benzene rings is 2. The number of rotatable bonds is 5. The average molecular weight is 365 g/mol. The first kappa shape index (κ1) is 18.7. The van der Waals surface area contributed by atoms with E-state index in [1.165, 1.54) is 4.90 Å². The molecular formula is C22H23NO4. The molecule has 5 nitrogen and oxygen atoms in total. The fraction of sp³-hybridized carbons (Fsp3) is 0.273. The minimum atomic E-state index is -0.339. The number of likely N-dealkylation sites (N-methyl/N-ethyl adjacent to an activating group) is 1. The lowest BCUT2D eigenvalue weighted by Crippen LogP contribution is -2.27. The van der Waals surface area contributed by atoms with Crippen molar-refractivity contribution < 1.29 is 13.9 Å². The summed E-state index contributed by atoms with van der Waals surface area (Å²) in [6, 6.07) is 13.5. The van der Waals surface area contributed by atoms with Gasteiger partial charge in [-0.1, -0.05) is 30.3 Å². The summed E-state index contributed by atoms with van der Waals surface area (Å²) in [6.45, 7) is 3.71. The van der Waals surface area contributed by atoms with Crippen LogP contribution in [0.25, 0.3) is 11.0 Å². The van der Waals surface area contributed by atoms with Crippen molar-refractivity contribution in [3.63, 3.8) is 0 Å². The van der Waals surface area contributed by atoms with Gasteiger partial charge < -0.3 is 14.1 Å². The molecule has 0 saturated heterocycles. The summed E-state index contributed by atoms with van der Waals surface area (Å²) in [5.41, 5.74) is 3.50. The fourth-order valence-corrected chi connectivity index (χ4v) is 3.00. The predicted molar refractivity (Wildman–Crippen MR) is 105 cm³/mol. The van der Waals surface area contributed by atoms with Crippen LogP contribution < -0.4 is 10.4 Å². The van der Waals surface area contributed by atoms with Gasteiger partial charge in [-0.3, -0.25) is 4.79 Å². The Labute approximate surface area is 158 Å². The lowest BCUT2D eigenvalue weighted by atomic mass is 9.98. The highest BCUT2D eigenvalue weighted by Gasteiger charge is 2.16. The molecule has 0 aliphatic heterocycles. The zero-order chi connectivity index (χ0) is 19.6. The summed E-state index contributed by atoms with van der Waals surface area (Å²) < 4.78 is 11.3. The van der Waals surface area contributed by atoms with E-state index in [0.29, 0.717) is 28.9 Å². The zero-order valence-corrected chi connectivity index (χ0v) is 16.0. The molecule has 0 saturated carbocycles. The van der Waals surface area contributed by atoms with Crippen LogP contribution in [0.5, 0.6) is 5.75 Å². The summed E-state index contributed by atoms with van der Waals surface area (Å²) in [4.78, 5) is 25.8. The third-order valence-corrected chi connectivity index (χ3v) is 4.73. The Balaban J connectivity index is 1.99. The first-order chi connectivity index (χ1) is 12.9. The number of nitrogens with zero attached hydrogens (tertiary/aromatic N) is 1. The van der Waals surface area contributed by atoms with E-state index in [2.05, 4.69) is 0 Å². The Morgan fingerprint density at radius 1 is 1.04 bits per heavy atom. The smallest absolute Gasteiger partial charge is 0.340 e. The van der Waals surface area contributed by atoms with Crippen LogP contribution in [0.3, 0.4) is 0 Å². The molecule has 1 heterocycles. The Morgan fingerprint density at radius 2 is 1.74 bits per heavy atom. The normalized spacial score (nSPS) is 10.8. The minimum absolute atomic E-state index is 0.0609. The monoisotopic (exact) mass is 365 g/mol. The number of hydrogen-bond acceptors (Lipinski definition) is 4. The molecule has 0 spiro atoms. The average Bonchev–Trinajstić information content (AvgIpc) is 2.65. The first-order valence-corrected chi connectivity index (χ1v) is 8.81. The number of fused-ring (bicyclic) bond motifs is 1. The number of hydrogen-bond donors (Lipinski definition) is 0. The van der Waals surface area contributed by atoms with E-state index in [-0.39, 0.29) is 18.1 Å². The second kappa shape index (κ2) is 7.66. The molecule has 3 aromatic rings. The van der Waals surface area contributed by atoms with Crippen LogP contribution in [0.4, 0.5) is 0 Å². The molecular weight excluding hydrogens is 342 g/mol. The Hall–Kier alpha value is -3.08. The summed E-state index contributed by atoms with van der Waals surface area (Å²) in [5.74, 6) is 0.404. The van der Waals surface area contributed by atoms with Crippen LogP contribution in [0.2, 0.25) is 0 Å². The summed E-state index contributed by atoms with van der Waals surface area (Å²) in [6.07, 6.45) is 0.527. The highest BCUT2D eigenvalue weighted by molar-refractivity contribution is 5.86. The van der Waals surface area contributed by atoms with Gasteiger partial charge in [-0.15, -0.1) is 0 Å². The molecule has 0 fully saturated rings. The van der Waals surface area contributed by atoms with Gasteiger partial charge in [0.05, 0.1) is 0 Å². The Morgan fingerprint density at radius 3 is 2.41 bits per heavy atom. The van der Waals surface area contributed by atoms with Gasteiger partial charge in [0.25, 0.3) is 5.91 Å². The maximum absolute atomic E-state index is 12.6. The van der Waals surface area contributed by atoms with E-state index in [1.807, 2.05) is 56.3 Å². The van der Waals surface area contributed by atoms with Gasteiger partial charge >= 0.3 is 5.63 Å². The minimum Gasteiger partial charge on any atom is -0.483 e. The van der Waals surface area contributed by atoms with Crippen LogP contribution in [0, 0.1) is 13.8 Å². The lowest BCUT2D eigenvalue weighted by Gasteiger charge is -2.15. The Kier molecular flexibility index (Phi) is 5.31. The van der Waals surface area contributed by atoms with E-state index in [1.54, 1.807) is 14.1 Å². The van der Waals surface area contributed by atoms with Gasteiger partial charge in [-0.05, 0) is 37.1 Å². The molecule has 3 rings (SSSR count). The molecule has 2 aromatic carbocycles. The van der Waals surface area contributed by atoms with Gasteiger partial charge in [0.15, 0.2) is 6.61 Å². The van der Waals surface area contributed by atoms with Crippen molar-refractivity contribution in [2.75, 3.05) is 20.7 Å². The number of carbonyl (C=O) groups excluding carboxylic acids is 1. The van der Waals surface area contributed by atoms with Gasteiger partial charge in [0.1, 0.15) is 11.3 Å². The highest BCUT2D eigenvalue weighted by Crippen LogP contribution is 2.30. The fourth-order valence-electron chi connectivity index (χ4n) is 3.00. The SMILES string of the molecule is Cc1c(Cc2ccccc2)c(=O)oc2c(C)c(OCC(=O)N(C)C)ccc12. The topological polar surface area (TPSA) is 59.8 Å². The summed E-state index contributed by atoms with van der Waals surface area (Å²) in [7, 11) is 3.35. The molecule has 1 amide bonds. The molecule has 0 N–H and O–H groups in total. The van der Waals surface area contributed by atoms with E-state index in [9.17, 15) is 9.59 Å². The van der Waals surface area contributed by atoms with Crippen LogP contribution in [0.1, 0.15) is 22.3 Å². The van der Waals surface area contributed by atoms with Crippen molar-refractivity contribution in [1.29, 1.82) is 0 Å². The zero-order valence-electron chi connectivity index (χ0n) is 16.0. The second-order valence-corrected chi connectivity index (χ2v) is 6.80. The molecule has 1 aromatic heterocycles. The molecule has 0 aliphatic carbocycles. The predicted octanol–water partition coefficient (Wildman–Crippen LogP) is 3.47. The molecule has 5 heteroatoms. The van der Waals surface area contributed by atoms with Gasteiger partial charge in [-0.25, -0.2) is 4.79 Å². The number of amides is 1. The van der Waals surface area contributed by atoms with Crippen molar-refractivity contribution in [2.45, 2.75) is 20.3 Å². The maximum atomic E-state index is 12.6. The van der Waals surface area contributed by atoms with Crippen molar-refractivity contribution in [2.24, 2.45) is 0 Å². The summed E-state index contributed by atoms with van der Waals surface area (Å²) >= 11 is 0. The van der Waals surface area contributed by atoms with E-state index in [4.69, 9.17) is 9.15 Å². The third kappa shape index (κ3) is 3.87. The van der Waals surface area contributed by atoms with Crippen molar-refractivity contribution >= 4 is 16.9 Å². The van der Waals surface area contributed by atoms with E-state index >= 15 is 0 Å². The maximum Gasteiger partial charge on any atom is 0.340 e. The van der Waals surface area contributed by atoms with Crippen LogP contribution >= 0.6 is 0 Å². The van der Waals surface area contributed by atoms with Crippen LogP contribution in [-0.2, 0) is 11.2 Å². The highest BCUT2D eigenvalue weighted by atomic mass is 16.5. The number of carbonyl (C=O) groups is 1. The van der Waals surface area contributed by atoms with Crippen molar-refractivity contribution in [3.8, 4) is 5.75 Å². The number of ether oxygens (including phenoxy) is 1. The van der Waals surface area contributed by atoms with Crippen molar-refractivity contribution in [3.05, 3.63) is 75.1 Å². The van der Waals surface area contributed by atoms with Crippen LogP contribution in [0.15, 0.2) is 51.7 Å². The molecule has 0 atom stereocenters. The molecule has 0 radical (unpaired) electrons. The molecule has 140 valence electrons. The van der Waals surface area contributed by atoms with Gasteiger partial charge in [0.2, 0.25) is 0 Å². The van der Waals surface area contributed by atoms with E-state index < -0.39 is 0 Å². The van der Waals surface area contributed by atoms with Gasteiger partial charge in [0, 0.05) is 37.0 Å². The standard InChI is InChI=1S/C22H23NO4/c1-14-17-10-11-19(26-13-20(24)23(3)4)15(2)21(17)27-22(25)18(14)12-16-8-6-5-7-9-16/h5-11H,12-13H2,1-4H3. The van der Waals surface area contributed by atoms with Crippen molar-refractivity contribution in [1.82, 2.24) is 4.90 Å². The number of aryl methyl sites for hydroxylation is 2. The third-order valence-electron chi connectivity index (χ3n) is 4.73. The largest absolute Gasteiger partial charge is 0.483 e. The molecule has 0 unspecified atom stereocenters. The second-order valence-electron chi connectivity index (χ2n) is 6.80. The van der Waals surface area contributed by atoms with Crippen LogP contribution in [-0.4, -0.2) is 31.5 Å². The Bertz CT molecular complexity index is 1040. The molecule has 27 heavy (non-hydrogen) atoms. The summed E-state index contributed by atoms with van der Waals surface area (Å²) in [5, 5.41) is 0.879. The first-order valence-electron chi connectivity index (χ1n) is 8.81. The van der Waals surface area contributed by atoms with E-state index in [0.717, 1.165) is 16.5 Å².